The lowest BCUT2D eigenvalue weighted by Gasteiger charge is -2.33. The minimum absolute atomic E-state index is 0.0642. The second-order valence-corrected chi connectivity index (χ2v) is 10.7. The maximum absolute atomic E-state index is 15.0. The predicted octanol–water partition coefficient (Wildman–Crippen LogP) is 6.02. The van der Waals surface area contributed by atoms with E-state index in [-0.39, 0.29) is 39.2 Å². The normalized spacial score (nSPS) is 15.9. The zero-order chi connectivity index (χ0) is 24.7. The van der Waals surface area contributed by atoms with Crippen molar-refractivity contribution in [3.05, 3.63) is 68.2 Å². The van der Waals surface area contributed by atoms with Crippen molar-refractivity contribution in [1.29, 1.82) is 10.5 Å². The lowest BCUT2D eigenvalue weighted by atomic mass is 9.89. The van der Waals surface area contributed by atoms with E-state index in [1.807, 2.05) is 18.2 Å². The minimum atomic E-state index is -1.45. The maximum atomic E-state index is 15.0. The fourth-order valence-corrected chi connectivity index (χ4v) is 5.63. The molecule has 4 rings (SSSR count). The predicted molar refractivity (Wildman–Crippen MR) is 128 cm³/mol. The average Bonchev–Trinajstić information content (AvgIpc) is 3.43. The topological polar surface area (TPSA) is 98.5 Å². The van der Waals surface area contributed by atoms with Gasteiger partial charge in [-0.05, 0) is 36.2 Å². The highest BCUT2D eigenvalue weighted by Crippen LogP contribution is 2.53. The molecule has 0 amide bonds. The molecule has 12 heteroatoms. The highest BCUT2D eigenvalue weighted by molar-refractivity contribution is 7.99. The van der Waals surface area contributed by atoms with Crippen molar-refractivity contribution in [2.45, 2.75) is 46.3 Å². The van der Waals surface area contributed by atoms with E-state index in [0.29, 0.717) is 17.9 Å². The molecular formula is C22H14Cl4FN5OS. The molecule has 0 aliphatic heterocycles. The van der Waals surface area contributed by atoms with Crippen molar-refractivity contribution in [1.82, 2.24) is 14.8 Å². The van der Waals surface area contributed by atoms with Crippen LogP contribution in [0, 0.1) is 28.5 Å². The number of aliphatic hydroxyl groups is 1. The molecule has 0 saturated heterocycles. The summed E-state index contributed by atoms with van der Waals surface area (Å²) in [5.74, 6) is -0.971. The molecule has 0 bridgehead atoms. The molecule has 1 atom stereocenters. The van der Waals surface area contributed by atoms with Gasteiger partial charge in [-0.3, -0.25) is 0 Å². The molecule has 3 aromatic rings. The van der Waals surface area contributed by atoms with Crippen LogP contribution in [0.25, 0.3) is 0 Å². The van der Waals surface area contributed by atoms with Crippen LogP contribution < -0.4 is 0 Å². The number of benzene rings is 2. The summed E-state index contributed by atoms with van der Waals surface area (Å²) in [4.78, 5) is 3.06. The second kappa shape index (κ2) is 9.54. The Bertz CT molecular complexity index is 1360. The molecule has 1 N–H and O–H groups in total. The lowest BCUT2D eigenvalue weighted by molar-refractivity contribution is 0.00526. The van der Waals surface area contributed by atoms with Crippen molar-refractivity contribution in [2.24, 2.45) is 0 Å². The molecular weight excluding hydrogens is 543 g/mol. The van der Waals surface area contributed by atoms with Crippen LogP contribution in [0.15, 0.2) is 40.6 Å². The Balaban J connectivity index is 1.71. The third kappa shape index (κ3) is 4.47. The van der Waals surface area contributed by atoms with Crippen LogP contribution in [0.5, 0.6) is 0 Å². The zero-order valence-electron chi connectivity index (χ0n) is 17.2. The minimum Gasteiger partial charge on any atom is -0.386 e. The molecule has 0 radical (unpaired) electrons. The first-order valence-electron chi connectivity index (χ1n) is 9.85. The third-order valence-corrected chi connectivity index (χ3v) is 8.57. The van der Waals surface area contributed by atoms with Crippen molar-refractivity contribution in [3.63, 3.8) is 0 Å². The summed E-state index contributed by atoms with van der Waals surface area (Å²) in [7, 11) is 0. The number of rotatable bonds is 7. The zero-order valence-corrected chi connectivity index (χ0v) is 21.0. The van der Waals surface area contributed by atoms with Gasteiger partial charge in [0.15, 0.2) is 11.0 Å². The quantitative estimate of drug-likeness (QED) is 0.282. The first-order valence-corrected chi connectivity index (χ1v) is 12.2. The summed E-state index contributed by atoms with van der Waals surface area (Å²) < 4.78 is 16.4. The van der Waals surface area contributed by atoms with Crippen LogP contribution in [0.1, 0.15) is 29.5 Å². The van der Waals surface area contributed by atoms with E-state index in [1.54, 1.807) is 18.2 Å². The molecule has 1 heterocycles. The first kappa shape index (κ1) is 25.1. The Morgan fingerprint density at radius 1 is 1.15 bits per heavy atom. The molecule has 6 nitrogen and oxygen atoms in total. The Hall–Kier alpha value is -2.04. The fraction of sp³-hybridized carbons (Fsp3) is 0.273. The van der Waals surface area contributed by atoms with Crippen LogP contribution in [-0.2, 0) is 13.0 Å². The molecule has 1 fully saturated rings. The molecule has 1 aromatic heterocycles. The molecule has 2 aromatic carbocycles. The van der Waals surface area contributed by atoms with Crippen LogP contribution in [-0.4, -0.2) is 30.3 Å². The van der Waals surface area contributed by atoms with Crippen molar-refractivity contribution in [2.75, 3.05) is 0 Å². The summed E-state index contributed by atoms with van der Waals surface area (Å²) in [6.07, 6.45) is 2.59. The van der Waals surface area contributed by atoms with Crippen molar-refractivity contribution in [3.8, 4) is 12.1 Å². The van der Waals surface area contributed by atoms with Gasteiger partial charge >= 0.3 is 0 Å². The van der Waals surface area contributed by atoms with Crippen LogP contribution >= 0.6 is 58.2 Å². The van der Waals surface area contributed by atoms with Crippen molar-refractivity contribution >= 4 is 58.2 Å². The summed E-state index contributed by atoms with van der Waals surface area (Å²) in [5.41, 5.74) is -1.30. The first-order chi connectivity index (χ1) is 16.1. The molecule has 34 heavy (non-hydrogen) atoms. The second-order valence-electron chi connectivity index (χ2n) is 7.81. The van der Waals surface area contributed by atoms with E-state index < -0.39 is 21.3 Å². The monoisotopic (exact) mass is 555 g/mol. The Morgan fingerprint density at radius 2 is 1.82 bits per heavy atom. The van der Waals surface area contributed by atoms with Gasteiger partial charge in [0.1, 0.15) is 24.1 Å². The summed E-state index contributed by atoms with van der Waals surface area (Å²) in [6, 6.07) is 10.7. The van der Waals surface area contributed by atoms with Gasteiger partial charge in [0.2, 0.25) is 0 Å². The van der Waals surface area contributed by atoms with E-state index in [1.165, 1.54) is 11.0 Å². The molecule has 0 spiro atoms. The summed E-state index contributed by atoms with van der Waals surface area (Å²) >= 11 is 25.9. The van der Waals surface area contributed by atoms with Gasteiger partial charge in [0, 0.05) is 11.4 Å². The van der Waals surface area contributed by atoms with Gasteiger partial charge in [-0.1, -0.05) is 53.0 Å². The van der Waals surface area contributed by atoms with Gasteiger partial charge < -0.3 is 5.11 Å². The Kier molecular flexibility index (Phi) is 7.04. The smallest absolute Gasteiger partial charge is 0.191 e. The molecule has 1 aliphatic rings. The van der Waals surface area contributed by atoms with Crippen LogP contribution in [0.4, 0.5) is 4.39 Å². The fourth-order valence-electron chi connectivity index (χ4n) is 3.60. The molecule has 1 saturated carbocycles. The van der Waals surface area contributed by atoms with Crippen LogP contribution in [0.3, 0.4) is 0 Å². The van der Waals surface area contributed by atoms with E-state index >= 15 is 4.39 Å². The molecule has 1 aliphatic carbocycles. The third-order valence-electron chi connectivity index (χ3n) is 5.65. The van der Waals surface area contributed by atoms with Gasteiger partial charge in [0.25, 0.3) is 0 Å². The number of halogens is 5. The van der Waals surface area contributed by atoms with Gasteiger partial charge in [-0.2, -0.15) is 15.6 Å². The van der Waals surface area contributed by atoms with E-state index in [0.717, 1.165) is 17.3 Å². The lowest BCUT2D eigenvalue weighted by Crippen LogP contribution is -2.47. The standard InChI is InChI=1S/C22H14Cl4FN5OS/c23-15-4-2-1-3-12(15)7-22(33,21(26)5-6-21)10-32-20(30-11-31-32)34-19-14(9-29)16(24)13(8-28)17(25)18(19)27/h1-4,11,33H,5-7,10H2. The van der Waals surface area contributed by atoms with Crippen LogP contribution in [0.2, 0.25) is 15.1 Å². The van der Waals surface area contributed by atoms with Gasteiger partial charge in [-0.25, -0.2) is 14.1 Å². The van der Waals surface area contributed by atoms with E-state index in [2.05, 4.69) is 10.1 Å². The van der Waals surface area contributed by atoms with E-state index in [4.69, 9.17) is 46.4 Å². The van der Waals surface area contributed by atoms with Gasteiger partial charge in [-0.15, -0.1) is 11.6 Å². The summed E-state index contributed by atoms with van der Waals surface area (Å²) in [5, 5.41) is 34.5. The maximum Gasteiger partial charge on any atom is 0.191 e. The Morgan fingerprint density at radius 3 is 2.44 bits per heavy atom. The number of hydrogen-bond donors (Lipinski definition) is 1. The number of nitriles is 2. The van der Waals surface area contributed by atoms with E-state index in [9.17, 15) is 15.6 Å². The largest absolute Gasteiger partial charge is 0.386 e. The van der Waals surface area contributed by atoms with Gasteiger partial charge in [0.05, 0.1) is 37.5 Å². The number of aromatic nitrogens is 3. The highest BCUT2D eigenvalue weighted by Gasteiger charge is 2.58. The number of hydrogen-bond acceptors (Lipinski definition) is 6. The van der Waals surface area contributed by atoms with Crippen molar-refractivity contribution < 1.29 is 9.50 Å². The highest BCUT2D eigenvalue weighted by atomic mass is 35.5. The summed E-state index contributed by atoms with van der Waals surface area (Å²) in [6.45, 7) is -0.0642. The SMILES string of the molecule is N#Cc1c(Cl)c(F)c(Sc2ncnn2CC(O)(Cc2ccccc2Cl)C2(Cl)CC2)c(C#N)c1Cl. The average molecular weight is 557 g/mol. The molecule has 1 unspecified atom stereocenters. The molecule has 174 valence electrons. The number of nitrogens with zero attached hydrogens (tertiary/aromatic N) is 5. The number of alkyl halides is 1. The Labute approximate surface area is 218 Å².